The van der Waals surface area contributed by atoms with Crippen LogP contribution in [0.4, 0.5) is 8.78 Å². The van der Waals surface area contributed by atoms with Crippen LogP contribution in [-0.2, 0) is 15.5 Å². The van der Waals surface area contributed by atoms with Crippen LogP contribution in [0.2, 0.25) is 0 Å². The zero-order valence-corrected chi connectivity index (χ0v) is 10.7. The van der Waals surface area contributed by atoms with Crippen molar-refractivity contribution in [1.82, 2.24) is 4.90 Å². The second kappa shape index (κ2) is 7.16. The third-order valence-corrected chi connectivity index (χ3v) is 2.59. The van der Waals surface area contributed by atoms with Gasteiger partial charge in [0.15, 0.2) is 0 Å². The van der Waals surface area contributed by atoms with Crippen molar-refractivity contribution in [3.8, 4) is 0 Å². The number of rotatable bonds is 8. The third-order valence-electron chi connectivity index (χ3n) is 2.59. The summed E-state index contributed by atoms with van der Waals surface area (Å²) in [6.45, 7) is -0.734. The Bertz CT molecular complexity index is 398. The number of halogens is 2. The lowest BCUT2D eigenvalue weighted by atomic mass is 10.1. The maximum Gasteiger partial charge on any atom is 0.317 e. The standard InChI is InChI=1S/C13H17F2NO3/c1-19-8-7-16(9-12(17)18)10-13(14,15)11-5-3-2-4-6-11/h2-6H,7-10H2,1H3,(H,17,18). The monoisotopic (exact) mass is 273 g/mol. The van der Waals surface area contributed by atoms with E-state index in [1.54, 1.807) is 6.07 Å². The first-order valence-corrected chi connectivity index (χ1v) is 5.82. The zero-order valence-electron chi connectivity index (χ0n) is 10.7. The van der Waals surface area contributed by atoms with Gasteiger partial charge in [0.05, 0.1) is 19.7 Å². The molecule has 4 nitrogen and oxygen atoms in total. The summed E-state index contributed by atoms with van der Waals surface area (Å²) in [5, 5.41) is 8.72. The van der Waals surface area contributed by atoms with Gasteiger partial charge in [0.1, 0.15) is 0 Å². The molecule has 0 atom stereocenters. The molecule has 0 fully saturated rings. The Morgan fingerprint density at radius 1 is 1.37 bits per heavy atom. The van der Waals surface area contributed by atoms with E-state index in [4.69, 9.17) is 9.84 Å². The summed E-state index contributed by atoms with van der Waals surface area (Å²) in [5.74, 6) is -4.23. The number of aliphatic carboxylic acids is 1. The van der Waals surface area contributed by atoms with E-state index in [0.717, 1.165) is 0 Å². The van der Waals surface area contributed by atoms with Gasteiger partial charge in [-0.25, -0.2) is 0 Å². The molecule has 1 aromatic carbocycles. The zero-order chi connectivity index (χ0) is 14.3. The summed E-state index contributed by atoms with van der Waals surface area (Å²) < 4.78 is 32.8. The fourth-order valence-electron chi connectivity index (χ4n) is 1.68. The number of ether oxygens (including phenoxy) is 1. The first-order valence-electron chi connectivity index (χ1n) is 5.82. The largest absolute Gasteiger partial charge is 0.480 e. The van der Waals surface area contributed by atoms with Crippen LogP contribution in [0, 0.1) is 0 Å². The van der Waals surface area contributed by atoms with Gasteiger partial charge < -0.3 is 9.84 Å². The molecule has 0 spiro atoms. The van der Waals surface area contributed by atoms with Crippen molar-refractivity contribution >= 4 is 5.97 Å². The summed E-state index contributed by atoms with van der Waals surface area (Å²) >= 11 is 0. The van der Waals surface area contributed by atoms with E-state index in [1.807, 2.05) is 0 Å². The molecule has 6 heteroatoms. The topological polar surface area (TPSA) is 49.8 Å². The summed E-state index contributed by atoms with van der Waals surface area (Å²) in [4.78, 5) is 11.8. The molecule has 0 unspecified atom stereocenters. The van der Waals surface area contributed by atoms with E-state index in [2.05, 4.69) is 0 Å². The molecule has 0 aromatic heterocycles. The summed E-state index contributed by atoms with van der Waals surface area (Å²) in [5.41, 5.74) is -0.122. The van der Waals surface area contributed by atoms with Crippen molar-refractivity contribution in [1.29, 1.82) is 0 Å². The highest BCUT2D eigenvalue weighted by Gasteiger charge is 2.34. The van der Waals surface area contributed by atoms with Crippen molar-refractivity contribution in [2.45, 2.75) is 5.92 Å². The Morgan fingerprint density at radius 3 is 2.53 bits per heavy atom. The molecule has 0 radical (unpaired) electrons. The maximum absolute atomic E-state index is 14.0. The minimum Gasteiger partial charge on any atom is -0.480 e. The first kappa shape index (κ1) is 15.5. The predicted molar refractivity (Wildman–Crippen MR) is 66.3 cm³/mol. The van der Waals surface area contributed by atoms with Gasteiger partial charge in [0.25, 0.3) is 5.92 Å². The van der Waals surface area contributed by atoms with Crippen molar-refractivity contribution in [2.24, 2.45) is 0 Å². The number of carboxylic acid groups (broad SMARTS) is 1. The molecule has 1 rings (SSSR count). The molecule has 1 N–H and O–H groups in total. The second-order valence-electron chi connectivity index (χ2n) is 4.17. The normalized spacial score (nSPS) is 11.8. The van der Waals surface area contributed by atoms with Crippen LogP contribution < -0.4 is 0 Å². The quantitative estimate of drug-likeness (QED) is 0.785. The summed E-state index contributed by atoms with van der Waals surface area (Å²) in [6.07, 6.45) is 0. The van der Waals surface area contributed by atoms with E-state index in [-0.39, 0.29) is 18.7 Å². The molecule has 0 amide bonds. The molecule has 19 heavy (non-hydrogen) atoms. The average Bonchev–Trinajstić information content (AvgIpc) is 2.36. The molecule has 0 aliphatic rings. The summed E-state index contributed by atoms with van der Waals surface area (Å²) in [6, 6.07) is 7.37. The van der Waals surface area contributed by atoms with Gasteiger partial charge in [-0.1, -0.05) is 30.3 Å². The van der Waals surface area contributed by atoms with E-state index in [1.165, 1.54) is 36.3 Å². The number of benzene rings is 1. The highest BCUT2D eigenvalue weighted by atomic mass is 19.3. The van der Waals surface area contributed by atoms with Crippen LogP contribution in [-0.4, -0.2) is 49.3 Å². The van der Waals surface area contributed by atoms with Gasteiger partial charge in [-0.3, -0.25) is 9.69 Å². The van der Waals surface area contributed by atoms with Gasteiger partial charge in [0.2, 0.25) is 0 Å². The number of carbonyl (C=O) groups is 1. The van der Waals surface area contributed by atoms with E-state index in [0.29, 0.717) is 0 Å². The molecule has 0 bridgehead atoms. The van der Waals surface area contributed by atoms with E-state index < -0.39 is 25.0 Å². The molecule has 0 heterocycles. The lowest BCUT2D eigenvalue weighted by molar-refractivity contribution is -0.140. The van der Waals surface area contributed by atoms with Crippen LogP contribution in [0.5, 0.6) is 0 Å². The SMILES string of the molecule is COCCN(CC(=O)O)CC(F)(F)c1ccccc1. The average molecular weight is 273 g/mol. The number of methoxy groups -OCH3 is 1. The van der Waals surface area contributed by atoms with Crippen LogP contribution in [0.1, 0.15) is 5.56 Å². The number of nitrogens with zero attached hydrogens (tertiary/aromatic N) is 1. The molecular weight excluding hydrogens is 256 g/mol. The fourth-order valence-corrected chi connectivity index (χ4v) is 1.68. The van der Waals surface area contributed by atoms with Crippen molar-refractivity contribution in [3.05, 3.63) is 35.9 Å². The lowest BCUT2D eigenvalue weighted by Crippen LogP contribution is -2.40. The molecule has 0 saturated heterocycles. The Labute approximate surface area is 110 Å². The highest BCUT2D eigenvalue weighted by Crippen LogP contribution is 2.28. The maximum atomic E-state index is 14.0. The predicted octanol–water partition coefficient (Wildman–Crippen LogP) is 1.81. The Kier molecular flexibility index (Phi) is 5.85. The molecule has 1 aromatic rings. The lowest BCUT2D eigenvalue weighted by Gasteiger charge is -2.26. The summed E-state index contributed by atoms with van der Waals surface area (Å²) in [7, 11) is 1.44. The van der Waals surface area contributed by atoms with Crippen molar-refractivity contribution < 1.29 is 23.4 Å². The number of hydrogen-bond donors (Lipinski definition) is 1. The van der Waals surface area contributed by atoms with Crippen LogP contribution in [0.25, 0.3) is 0 Å². The number of alkyl halides is 2. The Morgan fingerprint density at radius 2 is 2.00 bits per heavy atom. The minimum absolute atomic E-state index is 0.122. The van der Waals surface area contributed by atoms with Gasteiger partial charge in [-0.2, -0.15) is 8.78 Å². The van der Waals surface area contributed by atoms with Gasteiger partial charge >= 0.3 is 5.97 Å². The van der Waals surface area contributed by atoms with Gasteiger partial charge in [-0.05, 0) is 0 Å². The molecule has 0 aliphatic heterocycles. The Hall–Kier alpha value is -1.53. The molecule has 0 aliphatic carbocycles. The van der Waals surface area contributed by atoms with Crippen LogP contribution >= 0.6 is 0 Å². The Balaban J connectivity index is 2.73. The van der Waals surface area contributed by atoms with Crippen molar-refractivity contribution in [3.63, 3.8) is 0 Å². The first-order chi connectivity index (χ1) is 8.95. The smallest absolute Gasteiger partial charge is 0.317 e. The third kappa shape index (κ3) is 5.32. The molecule has 0 saturated carbocycles. The fraction of sp³-hybridized carbons (Fsp3) is 0.462. The van der Waals surface area contributed by atoms with Crippen LogP contribution in [0.3, 0.4) is 0 Å². The second-order valence-corrected chi connectivity index (χ2v) is 4.17. The van der Waals surface area contributed by atoms with Crippen molar-refractivity contribution in [2.75, 3.05) is 33.4 Å². The van der Waals surface area contributed by atoms with Gasteiger partial charge in [-0.15, -0.1) is 0 Å². The number of hydrogen-bond acceptors (Lipinski definition) is 3. The minimum atomic E-state index is -3.09. The highest BCUT2D eigenvalue weighted by molar-refractivity contribution is 5.69. The van der Waals surface area contributed by atoms with Gasteiger partial charge in [0, 0.05) is 19.2 Å². The number of carboxylic acids is 1. The van der Waals surface area contributed by atoms with E-state index >= 15 is 0 Å². The van der Waals surface area contributed by atoms with E-state index in [9.17, 15) is 13.6 Å². The van der Waals surface area contributed by atoms with Crippen LogP contribution in [0.15, 0.2) is 30.3 Å². The molecular formula is C13H17F2NO3. The molecule has 106 valence electrons.